The van der Waals surface area contributed by atoms with E-state index in [9.17, 15) is 0 Å². The van der Waals surface area contributed by atoms with Crippen molar-refractivity contribution in [1.82, 2.24) is 0 Å². The Morgan fingerprint density at radius 3 is 2.69 bits per heavy atom. The number of hydrogen-bond acceptors (Lipinski definition) is 1. The molecular formula is C33H26ClN. The molecule has 1 aliphatic heterocycles. The van der Waals surface area contributed by atoms with Gasteiger partial charge in [0.1, 0.15) is 0 Å². The summed E-state index contributed by atoms with van der Waals surface area (Å²) in [5, 5.41) is 3.64. The Balaban J connectivity index is 1.35. The smallest absolute Gasteiger partial charge is 0.0500 e. The lowest BCUT2D eigenvalue weighted by Gasteiger charge is -2.27. The first-order valence-corrected chi connectivity index (χ1v) is 13.2. The highest BCUT2D eigenvalue weighted by atomic mass is 35.5. The second-order valence-corrected chi connectivity index (χ2v) is 11.0. The molecule has 2 atom stereocenters. The lowest BCUT2D eigenvalue weighted by Crippen LogP contribution is -2.23. The van der Waals surface area contributed by atoms with Crippen LogP contribution in [-0.4, -0.2) is 0 Å². The summed E-state index contributed by atoms with van der Waals surface area (Å²) >= 11 is 6.62. The minimum Gasteiger partial charge on any atom is -0.313 e. The molecule has 1 nitrogen and oxygen atoms in total. The third-order valence-electron chi connectivity index (χ3n) is 8.66. The van der Waals surface area contributed by atoms with Gasteiger partial charge in [-0.15, -0.1) is 0 Å². The van der Waals surface area contributed by atoms with Crippen molar-refractivity contribution in [2.45, 2.75) is 37.5 Å². The van der Waals surface area contributed by atoms with Crippen LogP contribution in [-0.2, 0) is 11.8 Å². The number of fused-ring (bicyclic) bond motifs is 4. The largest absolute Gasteiger partial charge is 0.313 e. The molecule has 1 fully saturated rings. The molecule has 1 heterocycles. The average molecular weight is 472 g/mol. The van der Waals surface area contributed by atoms with E-state index in [1.807, 2.05) is 0 Å². The van der Waals surface area contributed by atoms with Crippen LogP contribution >= 0.6 is 11.6 Å². The van der Waals surface area contributed by atoms with E-state index in [1.165, 1.54) is 55.7 Å². The van der Waals surface area contributed by atoms with Gasteiger partial charge in [-0.3, -0.25) is 0 Å². The van der Waals surface area contributed by atoms with Gasteiger partial charge in [0.2, 0.25) is 0 Å². The van der Waals surface area contributed by atoms with Gasteiger partial charge in [0.15, 0.2) is 0 Å². The van der Waals surface area contributed by atoms with Crippen molar-refractivity contribution in [2.24, 2.45) is 5.92 Å². The van der Waals surface area contributed by atoms with Gasteiger partial charge in [0, 0.05) is 21.8 Å². The quantitative estimate of drug-likeness (QED) is 0.361. The van der Waals surface area contributed by atoms with Gasteiger partial charge in [0.25, 0.3) is 0 Å². The number of nitrogens with zero attached hydrogens (tertiary/aromatic N) is 1. The molecule has 3 aromatic rings. The van der Waals surface area contributed by atoms with Crippen molar-refractivity contribution < 1.29 is 0 Å². The Hall–Kier alpha value is -3.29. The highest BCUT2D eigenvalue weighted by Crippen LogP contribution is 2.69. The van der Waals surface area contributed by atoms with Gasteiger partial charge < -0.3 is 4.90 Å². The third-order valence-corrected chi connectivity index (χ3v) is 8.89. The molecule has 0 amide bonds. The summed E-state index contributed by atoms with van der Waals surface area (Å²) in [5.74, 6) is 0.491. The summed E-state index contributed by atoms with van der Waals surface area (Å²) in [6.07, 6.45) is 21.7. The highest BCUT2D eigenvalue weighted by Gasteiger charge is 2.64. The van der Waals surface area contributed by atoms with Crippen molar-refractivity contribution in [2.75, 3.05) is 4.90 Å². The Morgan fingerprint density at radius 2 is 1.80 bits per heavy atom. The molecule has 170 valence electrons. The zero-order valence-electron chi connectivity index (χ0n) is 19.6. The van der Waals surface area contributed by atoms with E-state index in [0.717, 1.165) is 37.1 Å². The van der Waals surface area contributed by atoms with Crippen molar-refractivity contribution in [1.29, 1.82) is 0 Å². The zero-order valence-corrected chi connectivity index (χ0v) is 20.4. The summed E-state index contributed by atoms with van der Waals surface area (Å²) in [4.78, 5) is 2.48. The van der Waals surface area contributed by atoms with Crippen LogP contribution in [0, 0.1) is 5.92 Å². The molecular weight excluding hydrogens is 446 g/mol. The van der Waals surface area contributed by atoms with Crippen molar-refractivity contribution >= 4 is 34.1 Å². The van der Waals surface area contributed by atoms with E-state index in [1.54, 1.807) is 0 Å². The fourth-order valence-electron chi connectivity index (χ4n) is 6.99. The SMILES string of the molecule is ClC1=CC2CC23C(=C1)N(C1=CCCC=C1)c1ccc(-c2cc4c(c5ccccc25)CCC=C4)cc13. The third kappa shape index (κ3) is 2.71. The van der Waals surface area contributed by atoms with Crippen LogP contribution in [0.25, 0.3) is 28.0 Å². The van der Waals surface area contributed by atoms with Gasteiger partial charge in [-0.1, -0.05) is 72.3 Å². The molecule has 4 aliphatic carbocycles. The Morgan fingerprint density at radius 1 is 0.914 bits per heavy atom. The predicted octanol–water partition coefficient (Wildman–Crippen LogP) is 8.80. The normalized spacial score (nSPS) is 25.3. The number of hydrogen-bond donors (Lipinski definition) is 0. The van der Waals surface area contributed by atoms with E-state index in [0.29, 0.717) is 5.92 Å². The summed E-state index contributed by atoms with van der Waals surface area (Å²) in [6.45, 7) is 0. The molecule has 35 heavy (non-hydrogen) atoms. The molecule has 0 N–H and O–H groups in total. The monoisotopic (exact) mass is 471 g/mol. The van der Waals surface area contributed by atoms with Crippen LogP contribution < -0.4 is 4.90 Å². The van der Waals surface area contributed by atoms with Crippen LogP contribution in [0.4, 0.5) is 5.69 Å². The first-order valence-electron chi connectivity index (χ1n) is 12.9. The second kappa shape index (κ2) is 7.12. The molecule has 0 radical (unpaired) electrons. The molecule has 1 spiro atoms. The summed E-state index contributed by atoms with van der Waals surface area (Å²) in [6, 6.07) is 18.6. The maximum Gasteiger partial charge on any atom is 0.0500 e. The van der Waals surface area contributed by atoms with Crippen LogP contribution in [0.1, 0.15) is 42.4 Å². The number of allylic oxidation sites excluding steroid dienone is 8. The van der Waals surface area contributed by atoms with Gasteiger partial charge >= 0.3 is 0 Å². The summed E-state index contributed by atoms with van der Waals surface area (Å²) in [5.41, 5.74) is 11.0. The van der Waals surface area contributed by atoms with E-state index in [-0.39, 0.29) is 5.41 Å². The zero-order chi connectivity index (χ0) is 23.1. The Labute approximate surface area is 211 Å². The number of anilines is 1. The van der Waals surface area contributed by atoms with Crippen LogP contribution in [0.15, 0.2) is 101 Å². The molecule has 2 unspecified atom stereocenters. The van der Waals surface area contributed by atoms with Crippen LogP contribution in [0.2, 0.25) is 0 Å². The van der Waals surface area contributed by atoms with E-state index >= 15 is 0 Å². The van der Waals surface area contributed by atoms with Crippen molar-refractivity contribution in [3.05, 3.63) is 118 Å². The Kier molecular flexibility index (Phi) is 4.06. The highest BCUT2D eigenvalue weighted by molar-refractivity contribution is 6.31. The molecule has 0 saturated heterocycles. The maximum absolute atomic E-state index is 6.62. The van der Waals surface area contributed by atoms with Gasteiger partial charge in [-0.25, -0.2) is 0 Å². The molecule has 1 saturated carbocycles. The molecule has 8 rings (SSSR count). The fraction of sp³-hybridized carbons (Fsp3) is 0.212. The first-order chi connectivity index (χ1) is 17.2. The number of aryl methyl sites for hydroxylation is 1. The van der Waals surface area contributed by atoms with Gasteiger partial charge in [-0.2, -0.15) is 0 Å². The topological polar surface area (TPSA) is 3.24 Å². The van der Waals surface area contributed by atoms with Crippen molar-refractivity contribution in [3.8, 4) is 11.1 Å². The maximum atomic E-state index is 6.62. The van der Waals surface area contributed by atoms with Crippen LogP contribution in [0.5, 0.6) is 0 Å². The van der Waals surface area contributed by atoms with Crippen LogP contribution in [0.3, 0.4) is 0 Å². The van der Waals surface area contributed by atoms with E-state index in [2.05, 4.69) is 96.0 Å². The molecule has 5 aliphatic rings. The van der Waals surface area contributed by atoms with Gasteiger partial charge in [0.05, 0.1) is 5.69 Å². The van der Waals surface area contributed by atoms with E-state index in [4.69, 9.17) is 11.6 Å². The molecule has 3 aromatic carbocycles. The minimum atomic E-state index is 0.0692. The summed E-state index contributed by atoms with van der Waals surface area (Å²) in [7, 11) is 0. The number of halogens is 1. The van der Waals surface area contributed by atoms with Crippen molar-refractivity contribution in [3.63, 3.8) is 0 Å². The standard InChI is InChI=1S/C33H26ClN/c34-24-18-23-20-33(23)30-17-22(14-15-31(30)35(32(33)19-24)25-9-2-1-3-10-25)29-16-21-8-4-5-11-26(21)27-12-6-7-13-28(27)29/h2,4,6-10,12-19,23H,1,3,5,11,20H2. The number of rotatable bonds is 2. The molecule has 2 heteroatoms. The minimum absolute atomic E-state index is 0.0692. The number of benzene rings is 3. The molecule has 0 aromatic heterocycles. The summed E-state index contributed by atoms with van der Waals surface area (Å²) < 4.78 is 0. The predicted molar refractivity (Wildman–Crippen MR) is 147 cm³/mol. The Bertz CT molecular complexity index is 1600. The lowest BCUT2D eigenvalue weighted by atomic mass is 9.85. The van der Waals surface area contributed by atoms with E-state index < -0.39 is 0 Å². The lowest BCUT2D eigenvalue weighted by molar-refractivity contribution is 0.774. The average Bonchev–Trinajstić information content (AvgIpc) is 3.57. The molecule has 0 bridgehead atoms. The second-order valence-electron chi connectivity index (χ2n) is 10.5. The van der Waals surface area contributed by atoms with Gasteiger partial charge in [-0.05, 0) is 107 Å². The fourth-order valence-corrected chi connectivity index (χ4v) is 7.24. The first kappa shape index (κ1) is 20.0.